The molecular weight excluding hydrogens is 344 g/mol. The third-order valence-corrected chi connectivity index (χ3v) is 3.51. The fourth-order valence-electron chi connectivity index (χ4n) is 2.32. The first-order valence-corrected chi connectivity index (χ1v) is 7.10. The van der Waals surface area contributed by atoms with Crippen LogP contribution in [0.25, 0.3) is 12.2 Å². The number of benzene rings is 2. The lowest BCUT2D eigenvalue weighted by Crippen LogP contribution is -2.11. The summed E-state index contributed by atoms with van der Waals surface area (Å²) < 4.78 is 0. The van der Waals surface area contributed by atoms with Crippen molar-refractivity contribution in [1.29, 1.82) is 0 Å². The third-order valence-electron chi connectivity index (χ3n) is 3.51. The summed E-state index contributed by atoms with van der Waals surface area (Å²) in [5.41, 5.74) is -1.59. The fraction of sp³-hybridized carbons (Fsp3) is 0. The Labute approximate surface area is 146 Å². The third kappa shape index (κ3) is 3.75. The van der Waals surface area contributed by atoms with Gasteiger partial charge in [-0.2, -0.15) is 0 Å². The highest BCUT2D eigenvalue weighted by molar-refractivity contribution is 6.05. The molecule has 0 spiro atoms. The Kier molecular flexibility index (Phi) is 5.17. The molecule has 8 heteroatoms. The van der Waals surface area contributed by atoms with Crippen molar-refractivity contribution in [2.24, 2.45) is 0 Å². The van der Waals surface area contributed by atoms with Gasteiger partial charge in [-0.05, 0) is 23.8 Å². The Morgan fingerprint density at radius 2 is 1.15 bits per heavy atom. The highest BCUT2D eigenvalue weighted by atomic mass is 16.4. The van der Waals surface area contributed by atoms with E-state index < -0.39 is 40.6 Å². The molecule has 0 aliphatic rings. The molecule has 2 aromatic rings. The van der Waals surface area contributed by atoms with Crippen LogP contribution < -0.4 is 0 Å². The predicted octanol–water partition coefficient (Wildman–Crippen LogP) is 2.65. The summed E-state index contributed by atoms with van der Waals surface area (Å²) in [6.07, 6.45) is 2.40. The minimum absolute atomic E-state index is 0.0559. The lowest BCUT2D eigenvalue weighted by molar-refractivity contribution is 0.0678. The van der Waals surface area contributed by atoms with E-state index in [2.05, 4.69) is 0 Å². The van der Waals surface area contributed by atoms with Crippen LogP contribution in [0.1, 0.15) is 52.6 Å². The summed E-state index contributed by atoms with van der Waals surface area (Å²) in [6.45, 7) is 0. The smallest absolute Gasteiger partial charge is 0.336 e. The molecule has 2 rings (SSSR count). The zero-order chi connectivity index (χ0) is 19.4. The molecule has 0 aliphatic carbocycles. The average molecular weight is 356 g/mol. The van der Waals surface area contributed by atoms with Gasteiger partial charge in [-0.25, -0.2) is 19.2 Å². The Balaban J connectivity index is 2.69. The van der Waals surface area contributed by atoms with Crippen LogP contribution in [0, 0.1) is 0 Å². The first-order valence-electron chi connectivity index (χ1n) is 7.10. The zero-order valence-electron chi connectivity index (χ0n) is 13.0. The van der Waals surface area contributed by atoms with Crippen molar-refractivity contribution >= 4 is 36.0 Å². The molecule has 0 saturated carbocycles. The SMILES string of the molecule is O=C(O)c1cc(C(=O)O)c(/C=C/c2ccccc2C(=O)O)c(C(=O)O)c1. The number of hydrogen-bond acceptors (Lipinski definition) is 4. The highest BCUT2D eigenvalue weighted by Gasteiger charge is 2.21. The second-order valence-electron chi connectivity index (χ2n) is 5.13. The molecule has 8 nitrogen and oxygen atoms in total. The summed E-state index contributed by atoms with van der Waals surface area (Å²) in [4.78, 5) is 45.2. The Morgan fingerprint density at radius 3 is 1.62 bits per heavy atom. The van der Waals surface area contributed by atoms with Crippen molar-refractivity contribution in [3.8, 4) is 0 Å². The average Bonchev–Trinajstić information content (AvgIpc) is 2.58. The van der Waals surface area contributed by atoms with E-state index in [1.807, 2.05) is 0 Å². The molecule has 0 bridgehead atoms. The number of carboxylic acids is 4. The minimum atomic E-state index is -1.51. The number of carboxylic acid groups (broad SMARTS) is 4. The van der Waals surface area contributed by atoms with E-state index in [-0.39, 0.29) is 16.7 Å². The maximum atomic E-state index is 11.4. The molecule has 26 heavy (non-hydrogen) atoms. The number of aromatic carboxylic acids is 4. The molecule has 4 N–H and O–H groups in total. The summed E-state index contributed by atoms with van der Waals surface area (Å²) in [7, 11) is 0. The van der Waals surface area contributed by atoms with Crippen LogP contribution in [0.4, 0.5) is 0 Å². The van der Waals surface area contributed by atoms with Crippen molar-refractivity contribution < 1.29 is 39.6 Å². The van der Waals surface area contributed by atoms with Crippen molar-refractivity contribution in [1.82, 2.24) is 0 Å². The van der Waals surface area contributed by atoms with E-state index in [1.165, 1.54) is 24.3 Å². The Hall–Kier alpha value is -3.94. The van der Waals surface area contributed by atoms with Gasteiger partial charge in [0.15, 0.2) is 0 Å². The van der Waals surface area contributed by atoms with Gasteiger partial charge in [0.2, 0.25) is 0 Å². The van der Waals surface area contributed by atoms with Crippen LogP contribution in [0.2, 0.25) is 0 Å². The molecule has 132 valence electrons. The monoisotopic (exact) mass is 356 g/mol. The van der Waals surface area contributed by atoms with Gasteiger partial charge in [0, 0.05) is 5.56 Å². The number of hydrogen-bond donors (Lipinski definition) is 4. The molecule has 0 heterocycles. The molecule has 2 aromatic carbocycles. The molecule has 0 unspecified atom stereocenters. The fourth-order valence-corrected chi connectivity index (χ4v) is 2.32. The van der Waals surface area contributed by atoms with Gasteiger partial charge in [-0.15, -0.1) is 0 Å². The van der Waals surface area contributed by atoms with E-state index in [9.17, 15) is 29.4 Å². The molecule has 0 aromatic heterocycles. The second kappa shape index (κ2) is 7.31. The maximum absolute atomic E-state index is 11.4. The van der Waals surface area contributed by atoms with Gasteiger partial charge in [-0.1, -0.05) is 30.4 Å². The van der Waals surface area contributed by atoms with Crippen LogP contribution in [-0.2, 0) is 0 Å². The lowest BCUT2D eigenvalue weighted by Gasteiger charge is -2.08. The van der Waals surface area contributed by atoms with Gasteiger partial charge in [0.05, 0.1) is 22.3 Å². The second-order valence-corrected chi connectivity index (χ2v) is 5.13. The van der Waals surface area contributed by atoms with Crippen LogP contribution in [0.15, 0.2) is 36.4 Å². The normalized spacial score (nSPS) is 10.6. The van der Waals surface area contributed by atoms with Crippen molar-refractivity contribution in [3.63, 3.8) is 0 Å². The minimum Gasteiger partial charge on any atom is -0.478 e. The highest BCUT2D eigenvalue weighted by Crippen LogP contribution is 2.22. The van der Waals surface area contributed by atoms with Gasteiger partial charge in [0.1, 0.15) is 0 Å². The molecular formula is C18H12O8. The molecule has 0 atom stereocenters. The number of rotatable bonds is 6. The van der Waals surface area contributed by atoms with E-state index >= 15 is 0 Å². The van der Waals surface area contributed by atoms with Gasteiger partial charge in [0.25, 0.3) is 0 Å². The maximum Gasteiger partial charge on any atom is 0.336 e. The van der Waals surface area contributed by atoms with Gasteiger partial charge >= 0.3 is 23.9 Å². The quantitative estimate of drug-likeness (QED) is 0.577. The summed E-state index contributed by atoms with van der Waals surface area (Å²) in [5.74, 6) is -5.70. The van der Waals surface area contributed by atoms with E-state index in [0.717, 1.165) is 18.2 Å². The van der Waals surface area contributed by atoms with E-state index in [1.54, 1.807) is 6.07 Å². The van der Waals surface area contributed by atoms with Crippen LogP contribution in [0.5, 0.6) is 0 Å². The van der Waals surface area contributed by atoms with Crippen LogP contribution in [-0.4, -0.2) is 44.3 Å². The molecule has 0 radical (unpaired) electrons. The van der Waals surface area contributed by atoms with Gasteiger partial charge in [-0.3, -0.25) is 0 Å². The Morgan fingerprint density at radius 1 is 0.654 bits per heavy atom. The first-order chi connectivity index (χ1) is 12.2. The van der Waals surface area contributed by atoms with Crippen LogP contribution in [0.3, 0.4) is 0 Å². The molecule has 0 aliphatic heterocycles. The topological polar surface area (TPSA) is 149 Å². The molecule has 0 amide bonds. The van der Waals surface area contributed by atoms with Crippen molar-refractivity contribution in [2.45, 2.75) is 0 Å². The zero-order valence-corrected chi connectivity index (χ0v) is 13.0. The Bertz CT molecular complexity index is 920. The predicted molar refractivity (Wildman–Crippen MR) is 89.6 cm³/mol. The standard InChI is InChI=1S/C18H12O8/c19-15(20)10-7-13(17(23)24)12(14(8-10)18(25)26)6-5-9-3-1-2-4-11(9)16(21)22/h1-8H,(H,19,20)(H,21,22)(H,23,24)(H,25,26)/b6-5+. The number of carbonyl (C=O) groups is 4. The summed E-state index contributed by atoms with van der Waals surface area (Å²) >= 11 is 0. The van der Waals surface area contributed by atoms with Crippen molar-refractivity contribution in [3.05, 3.63) is 69.8 Å². The summed E-state index contributed by atoms with van der Waals surface area (Å²) in [6, 6.07) is 7.57. The lowest BCUT2D eigenvalue weighted by atomic mass is 9.96. The van der Waals surface area contributed by atoms with Gasteiger partial charge < -0.3 is 20.4 Å². The van der Waals surface area contributed by atoms with E-state index in [4.69, 9.17) is 10.2 Å². The summed E-state index contributed by atoms with van der Waals surface area (Å²) in [5, 5.41) is 36.8. The van der Waals surface area contributed by atoms with E-state index in [0.29, 0.717) is 0 Å². The van der Waals surface area contributed by atoms with Crippen LogP contribution >= 0.6 is 0 Å². The first kappa shape index (κ1) is 18.4. The molecule has 0 saturated heterocycles. The van der Waals surface area contributed by atoms with Crippen molar-refractivity contribution in [2.75, 3.05) is 0 Å². The largest absolute Gasteiger partial charge is 0.478 e. The molecule has 0 fully saturated rings.